The van der Waals surface area contributed by atoms with Gasteiger partial charge in [0.05, 0.1) is 5.75 Å². The van der Waals surface area contributed by atoms with Gasteiger partial charge in [-0.2, -0.15) is 8.78 Å². The standard InChI is InChI=1S/C12H15F2N3S2/c1-12(2,3)8-6-16-11(19-8)18-7-9-15-4-5-17(9)10(13)14/h4-6,10H,7H2,1-3H3. The lowest BCUT2D eigenvalue weighted by Crippen LogP contribution is -2.07. The Balaban J connectivity index is 2.03. The van der Waals surface area contributed by atoms with E-state index in [9.17, 15) is 8.78 Å². The zero-order valence-electron chi connectivity index (χ0n) is 10.9. The largest absolute Gasteiger partial charge is 0.319 e. The van der Waals surface area contributed by atoms with Gasteiger partial charge in [0.1, 0.15) is 10.2 Å². The van der Waals surface area contributed by atoms with E-state index >= 15 is 0 Å². The summed E-state index contributed by atoms with van der Waals surface area (Å²) in [6, 6.07) is 0. The summed E-state index contributed by atoms with van der Waals surface area (Å²) in [5.74, 6) is 0.765. The molecule has 0 atom stereocenters. The average Bonchev–Trinajstić information content (AvgIpc) is 2.94. The van der Waals surface area contributed by atoms with Gasteiger partial charge in [0.15, 0.2) is 0 Å². The van der Waals surface area contributed by atoms with Crippen molar-refractivity contribution in [2.75, 3.05) is 0 Å². The van der Waals surface area contributed by atoms with Crippen molar-refractivity contribution >= 4 is 23.1 Å². The van der Waals surface area contributed by atoms with Gasteiger partial charge < -0.3 is 0 Å². The van der Waals surface area contributed by atoms with Crippen molar-refractivity contribution in [3.63, 3.8) is 0 Å². The van der Waals surface area contributed by atoms with Gasteiger partial charge >= 0.3 is 6.55 Å². The SMILES string of the molecule is CC(C)(C)c1cnc(SCc2nccn2C(F)F)s1. The maximum Gasteiger partial charge on any atom is 0.319 e. The molecule has 0 bridgehead atoms. The van der Waals surface area contributed by atoms with Crippen molar-refractivity contribution < 1.29 is 8.78 Å². The molecule has 0 aliphatic heterocycles. The first-order chi connectivity index (χ1) is 8.88. The van der Waals surface area contributed by atoms with Crippen LogP contribution < -0.4 is 0 Å². The molecule has 104 valence electrons. The van der Waals surface area contributed by atoms with Crippen LogP contribution in [0.4, 0.5) is 8.78 Å². The number of hydrogen-bond acceptors (Lipinski definition) is 4. The monoisotopic (exact) mass is 303 g/mol. The number of imidazole rings is 1. The van der Waals surface area contributed by atoms with Crippen molar-refractivity contribution in [2.24, 2.45) is 0 Å². The van der Waals surface area contributed by atoms with E-state index in [4.69, 9.17) is 0 Å². The number of aromatic nitrogens is 3. The predicted molar refractivity (Wildman–Crippen MR) is 73.9 cm³/mol. The molecule has 2 aromatic heterocycles. The van der Waals surface area contributed by atoms with Crippen LogP contribution in [0.15, 0.2) is 22.9 Å². The maximum absolute atomic E-state index is 12.6. The van der Waals surface area contributed by atoms with E-state index in [1.54, 1.807) is 11.3 Å². The molecule has 2 aromatic rings. The fraction of sp³-hybridized carbons (Fsp3) is 0.500. The smallest absolute Gasteiger partial charge is 0.277 e. The van der Waals surface area contributed by atoms with E-state index in [2.05, 4.69) is 30.7 Å². The summed E-state index contributed by atoms with van der Waals surface area (Å²) in [6.45, 7) is 3.83. The van der Waals surface area contributed by atoms with Crippen molar-refractivity contribution in [2.45, 2.75) is 42.8 Å². The third kappa shape index (κ3) is 3.54. The highest BCUT2D eigenvalue weighted by Crippen LogP contribution is 2.33. The van der Waals surface area contributed by atoms with Crippen LogP contribution in [-0.4, -0.2) is 14.5 Å². The zero-order valence-corrected chi connectivity index (χ0v) is 12.6. The third-order valence-electron chi connectivity index (χ3n) is 2.51. The summed E-state index contributed by atoms with van der Waals surface area (Å²) in [5, 5.41) is 0. The molecule has 0 fully saturated rings. The van der Waals surface area contributed by atoms with E-state index in [0.717, 1.165) is 8.91 Å². The second kappa shape index (κ2) is 5.58. The van der Waals surface area contributed by atoms with E-state index in [0.29, 0.717) is 11.6 Å². The third-order valence-corrected chi connectivity index (χ3v) is 5.08. The van der Waals surface area contributed by atoms with Crippen LogP contribution in [0.25, 0.3) is 0 Å². The molecular weight excluding hydrogens is 288 g/mol. The second-order valence-electron chi connectivity index (χ2n) is 5.06. The molecule has 0 unspecified atom stereocenters. The Morgan fingerprint density at radius 3 is 2.68 bits per heavy atom. The van der Waals surface area contributed by atoms with Crippen LogP contribution in [0, 0.1) is 0 Å². The van der Waals surface area contributed by atoms with Crippen molar-refractivity contribution in [3.05, 3.63) is 29.3 Å². The van der Waals surface area contributed by atoms with Crippen LogP contribution in [0.2, 0.25) is 0 Å². The number of nitrogens with zero attached hydrogens (tertiary/aromatic N) is 3. The molecule has 0 aliphatic carbocycles. The van der Waals surface area contributed by atoms with Gasteiger partial charge in [0, 0.05) is 23.5 Å². The first-order valence-corrected chi connectivity index (χ1v) is 7.57. The molecule has 7 heteroatoms. The van der Waals surface area contributed by atoms with E-state index in [1.807, 2.05) is 6.20 Å². The number of rotatable bonds is 4. The Hall–Kier alpha value is -0.950. The molecule has 0 aliphatic rings. The molecule has 0 saturated carbocycles. The molecule has 0 amide bonds. The van der Waals surface area contributed by atoms with Crippen molar-refractivity contribution in [1.82, 2.24) is 14.5 Å². The summed E-state index contributed by atoms with van der Waals surface area (Å²) in [6.07, 6.45) is 4.54. The van der Waals surface area contributed by atoms with Gasteiger partial charge in [-0.05, 0) is 5.41 Å². The Bertz CT molecular complexity index is 543. The molecule has 0 radical (unpaired) electrons. The number of halogens is 2. The summed E-state index contributed by atoms with van der Waals surface area (Å²) in [7, 11) is 0. The van der Waals surface area contributed by atoms with Crippen LogP contribution >= 0.6 is 23.1 Å². The normalized spacial score (nSPS) is 12.3. The number of thioether (sulfide) groups is 1. The molecule has 3 nitrogen and oxygen atoms in total. The minimum atomic E-state index is -2.54. The maximum atomic E-state index is 12.6. The summed E-state index contributed by atoms with van der Waals surface area (Å²) >= 11 is 3.04. The summed E-state index contributed by atoms with van der Waals surface area (Å²) < 4.78 is 27.1. The lowest BCUT2D eigenvalue weighted by molar-refractivity contribution is 0.0678. The fourth-order valence-corrected chi connectivity index (χ4v) is 3.42. The van der Waals surface area contributed by atoms with E-state index in [1.165, 1.54) is 29.0 Å². The quantitative estimate of drug-likeness (QED) is 0.788. The van der Waals surface area contributed by atoms with Gasteiger partial charge in [-0.25, -0.2) is 9.97 Å². The van der Waals surface area contributed by atoms with Crippen LogP contribution in [0.3, 0.4) is 0 Å². The Kier molecular flexibility index (Phi) is 4.25. The molecule has 19 heavy (non-hydrogen) atoms. The van der Waals surface area contributed by atoms with Gasteiger partial charge in [0.2, 0.25) is 0 Å². The van der Waals surface area contributed by atoms with Crippen LogP contribution in [-0.2, 0) is 11.2 Å². The Labute approximate surface area is 119 Å². The minimum Gasteiger partial charge on any atom is -0.277 e. The molecule has 0 N–H and O–H groups in total. The summed E-state index contributed by atoms with van der Waals surface area (Å²) in [5.41, 5.74) is 0.0674. The molecule has 2 heterocycles. The highest BCUT2D eigenvalue weighted by atomic mass is 32.2. The van der Waals surface area contributed by atoms with Crippen LogP contribution in [0.5, 0.6) is 0 Å². The number of alkyl halides is 2. The highest BCUT2D eigenvalue weighted by molar-refractivity contribution is 8.00. The number of thiazole rings is 1. The van der Waals surface area contributed by atoms with E-state index < -0.39 is 6.55 Å². The van der Waals surface area contributed by atoms with E-state index in [-0.39, 0.29) is 5.41 Å². The van der Waals surface area contributed by atoms with Crippen molar-refractivity contribution in [3.8, 4) is 0 Å². The zero-order chi connectivity index (χ0) is 14.0. The predicted octanol–water partition coefficient (Wildman–Crippen LogP) is 4.32. The first kappa shape index (κ1) is 14.5. The Morgan fingerprint density at radius 2 is 2.11 bits per heavy atom. The topological polar surface area (TPSA) is 30.7 Å². The average molecular weight is 303 g/mol. The van der Waals surface area contributed by atoms with Crippen LogP contribution in [0.1, 0.15) is 38.0 Å². The minimum absolute atomic E-state index is 0.0674. The molecule has 0 aromatic carbocycles. The number of hydrogen-bond donors (Lipinski definition) is 0. The molecular formula is C12H15F2N3S2. The molecule has 2 rings (SSSR count). The Morgan fingerprint density at radius 1 is 1.37 bits per heavy atom. The first-order valence-electron chi connectivity index (χ1n) is 5.77. The van der Waals surface area contributed by atoms with Gasteiger partial charge in [-0.1, -0.05) is 32.5 Å². The fourth-order valence-electron chi connectivity index (χ4n) is 1.43. The second-order valence-corrected chi connectivity index (χ2v) is 7.31. The lowest BCUT2D eigenvalue weighted by Gasteiger charge is -2.14. The lowest BCUT2D eigenvalue weighted by atomic mass is 9.96. The molecule has 0 spiro atoms. The summed E-state index contributed by atoms with van der Waals surface area (Å²) in [4.78, 5) is 9.45. The van der Waals surface area contributed by atoms with Gasteiger partial charge in [-0.15, -0.1) is 11.3 Å². The highest BCUT2D eigenvalue weighted by Gasteiger charge is 2.18. The van der Waals surface area contributed by atoms with Gasteiger partial charge in [-0.3, -0.25) is 4.57 Å². The molecule has 0 saturated heterocycles. The van der Waals surface area contributed by atoms with Crippen molar-refractivity contribution in [1.29, 1.82) is 0 Å². The van der Waals surface area contributed by atoms with Gasteiger partial charge in [0.25, 0.3) is 0 Å².